The van der Waals surface area contributed by atoms with Crippen LogP contribution in [0.15, 0.2) is 29.1 Å². The van der Waals surface area contributed by atoms with E-state index in [0.29, 0.717) is 23.0 Å². The lowest BCUT2D eigenvalue weighted by Gasteiger charge is -2.28. The van der Waals surface area contributed by atoms with Gasteiger partial charge in [-0.2, -0.15) is 0 Å². The van der Waals surface area contributed by atoms with Gasteiger partial charge in [0.2, 0.25) is 0 Å². The Bertz CT molecular complexity index is 1090. The van der Waals surface area contributed by atoms with Crippen LogP contribution in [0.25, 0.3) is 10.9 Å². The molecule has 0 radical (unpaired) electrons. The number of hydrogen-bond acceptors (Lipinski definition) is 4. The van der Waals surface area contributed by atoms with Crippen molar-refractivity contribution in [3.05, 3.63) is 66.9 Å². The molecule has 25 heavy (non-hydrogen) atoms. The molecule has 0 unspecified atom stereocenters. The van der Waals surface area contributed by atoms with Crippen molar-refractivity contribution in [2.45, 2.75) is 26.4 Å². The normalized spacial score (nSPS) is 14.6. The van der Waals surface area contributed by atoms with Crippen LogP contribution in [0.4, 0.5) is 0 Å². The summed E-state index contributed by atoms with van der Waals surface area (Å²) in [6, 6.07) is 8.19. The maximum Gasteiger partial charge on any atom is 0.256 e. The predicted octanol–water partition coefficient (Wildman–Crippen LogP) is 3.50. The highest BCUT2D eigenvalue weighted by Crippen LogP contribution is 2.25. The minimum atomic E-state index is -0.109. The zero-order valence-electron chi connectivity index (χ0n) is 13.7. The molecule has 0 atom stereocenters. The van der Waals surface area contributed by atoms with E-state index in [1.165, 1.54) is 0 Å². The number of fused-ring (bicyclic) bond motifs is 2. The number of benzene rings is 1. The fourth-order valence-corrected chi connectivity index (χ4v) is 3.78. The first-order chi connectivity index (χ1) is 12.0. The SMILES string of the molecule is Cc1cccc2cc(CN3CCc4[nH]c(=S)[nH]c(=O)c4C3)c(Cl)nc12. The van der Waals surface area contributed by atoms with Crippen LogP contribution in [0, 0.1) is 11.7 Å². The molecule has 0 amide bonds. The fraction of sp³-hybridized carbons (Fsp3) is 0.278. The van der Waals surface area contributed by atoms with E-state index in [9.17, 15) is 4.79 Å². The summed E-state index contributed by atoms with van der Waals surface area (Å²) in [6.07, 6.45) is 0.765. The number of pyridine rings is 1. The number of hydrogen-bond donors (Lipinski definition) is 2. The minimum absolute atomic E-state index is 0.109. The molecule has 1 aliphatic heterocycles. The van der Waals surface area contributed by atoms with Gasteiger partial charge in [-0.1, -0.05) is 29.8 Å². The number of H-pyrrole nitrogens is 2. The second kappa shape index (κ2) is 6.37. The van der Waals surface area contributed by atoms with E-state index in [0.717, 1.165) is 46.3 Å². The average Bonchev–Trinajstić information content (AvgIpc) is 2.57. The van der Waals surface area contributed by atoms with Gasteiger partial charge in [-0.05, 0) is 30.8 Å². The summed E-state index contributed by atoms with van der Waals surface area (Å²) in [4.78, 5) is 24.7. The van der Waals surface area contributed by atoms with Crippen LogP contribution < -0.4 is 5.56 Å². The van der Waals surface area contributed by atoms with Gasteiger partial charge in [-0.3, -0.25) is 14.7 Å². The van der Waals surface area contributed by atoms with Crippen molar-refractivity contribution in [2.75, 3.05) is 6.54 Å². The van der Waals surface area contributed by atoms with Gasteiger partial charge < -0.3 is 4.98 Å². The highest BCUT2D eigenvalue weighted by Gasteiger charge is 2.21. The summed E-state index contributed by atoms with van der Waals surface area (Å²) < 4.78 is 0.384. The third-order valence-corrected chi connectivity index (χ3v) is 5.19. The first-order valence-corrected chi connectivity index (χ1v) is 8.91. The molecule has 1 aromatic carbocycles. The van der Waals surface area contributed by atoms with E-state index < -0.39 is 0 Å². The van der Waals surface area contributed by atoms with Crippen molar-refractivity contribution in [2.24, 2.45) is 0 Å². The molecule has 7 heteroatoms. The molecule has 0 aliphatic carbocycles. The van der Waals surface area contributed by atoms with Gasteiger partial charge in [-0.25, -0.2) is 4.98 Å². The molecule has 2 N–H and O–H groups in total. The third kappa shape index (κ3) is 3.13. The number of aryl methyl sites for hydroxylation is 1. The van der Waals surface area contributed by atoms with E-state index in [2.05, 4.69) is 25.9 Å². The Morgan fingerprint density at radius 1 is 1.36 bits per heavy atom. The van der Waals surface area contributed by atoms with Gasteiger partial charge in [0, 0.05) is 42.7 Å². The molecule has 0 spiro atoms. The van der Waals surface area contributed by atoms with Crippen molar-refractivity contribution in [3.8, 4) is 0 Å². The molecular weight excluding hydrogens is 356 g/mol. The second-order valence-corrected chi connectivity index (χ2v) is 7.18. The van der Waals surface area contributed by atoms with Crippen LogP contribution in [0.3, 0.4) is 0 Å². The Morgan fingerprint density at radius 2 is 2.20 bits per heavy atom. The predicted molar refractivity (Wildman–Crippen MR) is 102 cm³/mol. The summed E-state index contributed by atoms with van der Waals surface area (Å²) in [5.74, 6) is 0. The highest BCUT2D eigenvalue weighted by atomic mass is 35.5. The van der Waals surface area contributed by atoms with E-state index in [1.807, 2.05) is 25.1 Å². The van der Waals surface area contributed by atoms with Crippen LogP contribution in [-0.4, -0.2) is 26.4 Å². The Balaban J connectivity index is 1.65. The monoisotopic (exact) mass is 372 g/mol. The molecule has 5 nitrogen and oxygen atoms in total. The van der Waals surface area contributed by atoms with Crippen LogP contribution in [-0.2, 0) is 19.5 Å². The number of aromatic nitrogens is 3. The zero-order chi connectivity index (χ0) is 17.6. The number of para-hydroxylation sites is 1. The lowest BCUT2D eigenvalue weighted by atomic mass is 10.1. The molecule has 2 aromatic heterocycles. The van der Waals surface area contributed by atoms with E-state index in [4.69, 9.17) is 23.8 Å². The van der Waals surface area contributed by atoms with Crippen molar-refractivity contribution in [1.29, 1.82) is 0 Å². The second-order valence-electron chi connectivity index (χ2n) is 6.41. The number of halogens is 1. The Kier molecular flexibility index (Phi) is 4.19. The number of rotatable bonds is 2. The van der Waals surface area contributed by atoms with Crippen molar-refractivity contribution >= 4 is 34.7 Å². The van der Waals surface area contributed by atoms with Gasteiger partial charge >= 0.3 is 0 Å². The summed E-state index contributed by atoms with van der Waals surface area (Å²) >= 11 is 11.5. The molecule has 1 aliphatic rings. The summed E-state index contributed by atoms with van der Waals surface area (Å²) in [5, 5.41) is 1.60. The zero-order valence-corrected chi connectivity index (χ0v) is 15.3. The van der Waals surface area contributed by atoms with Crippen LogP contribution in [0.2, 0.25) is 5.15 Å². The molecule has 128 valence electrons. The molecule has 3 aromatic rings. The quantitative estimate of drug-likeness (QED) is 0.533. The largest absolute Gasteiger partial charge is 0.335 e. The Hall–Kier alpha value is -2.02. The maximum absolute atomic E-state index is 12.2. The summed E-state index contributed by atoms with van der Waals surface area (Å²) in [5.41, 5.74) is 4.60. The Labute approximate surface area is 154 Å². The van der Waals surface area contributed by atoms with Crippen molar-refractivity contribution in [1.82, 2.24) is 19.9 Å². The topological polar surface area (TPSA) is 64.8 Å². The standard InChI is InChI=1S/C18H17ClN4OS/c1-10-3-2-4-11-7-12(16(19)21-15(10)11)8-23-6-5-14-13(9-23)17(24)22-18(25)20-14/h2-4,7H,5-6,8-9H2,1H3,(H2,20,22,24,25). The van der Waals surface area contributed by atoms with Crippen LogP contribution in [0.1, 0.15) is 22.4 Å². The molecule has 0 bridgehead atoms. The van der Waals surface area contributed by atoms with E-state index in [1.54, 1.807) is 0 Å². The number of nitrogens with one attached hydrogen (secondary N) is 2. The van der Waals surface area contributed by atoms with Gasteiger partial charge in [0.1, 0.15) is 5.15 Å². The van der Waals surface area contributed by atoms with Gasteiger partial charge in [0.05, 0.1) is 11.1 Å². The van der Waals surface area contributed by atoms with Gasteiger partial charge in [0.25, 0.3) is 5.56 Å². The molecule has 4 rings (SSSR count). The van der Waals surface area contributed by atoms with Crippen molar-refractivity contribution in [3.63, 3.8) is 0 Å². The number of aromatic amines is 2. The third-order valence-electron chi connectivity index (χ3n) is 4.66. The van der Waals surface area contributed by atoms with Gasteiger partial charge in [0.15, 0.2) is 4.77 Å². The fourth-order valence-electron chi connectivity index (χ4n) is 3.37. The lowest BCUT2D eigenvalue weighted by Crippen LogP contribution is -2.35. The van der Waals surface area contributed by atoms with E-state index >= 15 is 0 Å². The highest BCUT2D eigenvalue weighted by molar-refractivity contribution is 7.71. The maximum atomic E-state index is 12.2. The Morgan fingerprint density at radius 3 is 3.04 bits per heavy atom. The lowest BCUT2D eigenvalue weighted by molar-refractivity contribution is 0.241. The molecule has 0 saturated carbocycles. The molecule has 0 fully saturated rings. The number of nitrogens with zero attached hydrogens (tertiary/aromatic N) is 2. The first kappa shape index (κ1) is 16.4. The summed E-state index contributed by atoms with van der Waals surface area (Å²) in [7, 11) is 0. The summed E-state index contributed by atoms with van der Waals surface area (Å²) in [6.45, 7) is 4.09. The molecule has 3 heterocycles. The van der Waals surface area contributed by atoms with E-state index in [-0.39, 0.29) is 5.56 Å². The average molecular weight is 373 g/mol. The van der Waals surface area contributed by atoms with Gasteiger partial charge in [-0.15, -0.1) is 0 Å². The minimum Gasteiger partial charge on any atom is -0.335 e. The molecular formula is C18H17ClN4OS. The van der Waals surface area contributed by atoms with Crippen LogP contribution in [0.5, 0.6) is 0 Å². The van der Waals surface area contributed by atoms with Crippen molar-refractivity contribution < 1.29 is 0 Å². The van der Waals surface area contributed by atoms with Crippen LogP contribution >= 0.6 is 23.8 Å². The first-order valence-electron chi connectivity index (χ1n) is 8.13. The molecule has 0 saturated heterocycles. The smallest absolute Gasteiger partial charge is 0.256 e.